The Kier molecular flexibility index (Phi) is 6.01. The molecule has 0 saturated heterocycles. The van der Waals surface area contributed by atoms with Crippen molar-refractivity contribution in [3.63, 3.8) is 0 Å². The molecule has 5 heteroatoms. The zero-order valence-corrected chi connectivity index (χ0v) is 12.0. The number of benzene rings is 1. The highest BCUT2D eigenvalue weighted by molar-refractivity contribution is 7.98. The van der Waals surface area contributed by atoms with Gasteiger partial charge in [0.2, 0.25) is 0 Å². The molecule has 0 bridgehead atoms. The third-order valence-electron chi connectivity index (χ3n) is 3.03. The second kappa shape index (κ2) is 7.28. The molecule has 1 aromatic rings. The number of amides is 1. The van der Waals surface area contributed by atoms with E-state index in [-0.39, 0.29) is 11.9 Å². The Hall–Kier alpha value is -1.20. The van der Waals surface area contributed by atoms with Crippen molar-refractivity contribution in [3.8, 4) is 0 Å². The number of hydrogen-bond acceptors (Lipinski definition) is 4. The molecule has 1 unspecified atom stereocenters. The highest BCUT2D eigenvalue weighted by Crippen LogP contribution is 2.17. The van der Waals surface area contributed by atoms with Crippen molar-refractivity contribution < 1.29 is 4.79 Å². The molecule has 1 aromatic carbocycles. The number of hydrazine groups is 1. The van der Waals surface area contributed by atoms with E-state index in [0.29, 0.717) is 11.3 Å². The number of rotatable bonds is 6. The zero-order valence-electron chi connectivity index (χ0n) is 11.1. The van der Waals surface area contributed by atoms with E-state index in [9.17, 15) is 4.79 Å². The van der Waals surface area contributed by atoms with E-state index in [1.165, 1.54) is 0 Å². The Balaban J connectivity index is 2.79. The third-order valence-corrected chi connectivity index (χ3v) is 3.68. The number of thioether (sulfide) groups is 1. The molecule has 1 atom stereocenters. The molecule has 0 aliphatic heterocycles. The van der Waals surface area contributed by atoms with Crippen LogP contribution in [-0.2, 0) is 0 Å². The van der Waals surface area contributed by atoms with Gasteiger partial charge < -0.3 is 10.3 Å². The predicted octanol–water partition coefficient (Wildman–Crippen LogP) is 2.19. The second-order valence-electron chi connectivity index (χ2n) is 4.24. The van der Waals surface area contributed by atoms with E-state index in [1.54, 1.807) is 28.8 Å². The second-order valence-corrected chi connectivity index (χ2v) is 5.22. The van der Waals surface area contributed by atoms with Gasteiger partial charge >= 0.3 is 0 Å². The molecular formula is C13H21N3OS. The van der Waals surface area contributed by atoms with E-state index in [4.69, 9.17) is 5.84 Å². The highest BCUT2D eigenvalue weighted by Gasteiger charge is 2.19. The molecule has 0 spiro atoms. The van der Waals surface area contributed by atoms with Crippen molar-refractivity contribution in [3.05, 3.63) is 29.8 Å². The lowest BCUT2D eigenvalue weighted by Gasteiger charge is -2.25. The average Bonchev–Trinajstić information content (AvgIpc) is 2.42. The van der Waals surface area contributed by atoms with Gasteiger partial charge in [-0.15, -0.1) is 0 Å². The normalized spacial score (nSPS) is 12.0. The summed E-state index contributed by atoms with van der Waals surface area (Å²) in [7, 11) is 1.83. The maximum absolute atomic E-state index is 12.4. The number of carbonyl (C=O) groups is 1. The molecular weight excluding hydrogens is 246 g/mol. The van der Waals surface area contributed by atoms with E-state index in [1.807, 2.05) is 19.2 Å². The van der Waals surface area contributed by atoms with Gasteiger partial charge in [0.1, 0.15) is 0 Å². The minimum Gasteiger partial charge on any atom is -0.339 e. The van der Waals surface area contributed by atoms with Crippen LogP contribution in [-0.4, -0.2) is 35.9 Å². The van der Waals surface area contributed by atoms with Gasteiger partial charge in [0.25, 0.3) is 5.91 Å². The van der Waals surface area contributed by atoms with Gasteiger partial charge in [-0.25, -0.2) is 0 Å². The van der Waals surface area contributed by atoms with Crippen LogP contribution in [0.3, 0.4) is 0 Å². The summed E-state index contributed by atoms with van der Waals surface area (Å²) in [5, 5.41) is 0. The van der Waals surface area contributed by atoms with Crippen LogP contribution >= 0.6 is 11.8 Å². The molecule has 1 amide bonds. The average molecular weight is 267 g/mol. The fraction of sp³-hybridized carbons (Fsp3) is 0.462. The van der Waals surface area contributed by atoms with Crippen LogP contribution in [0.1, 0.15) is 23.7 Å². The smallest absolute Gasteiger partial charge is 0.255 e. The van der Waals surface area contributed by atoms with E-state index < -0.39 is 0 Å². The minimum atomic E-state index is -0.00264. The topological polar surface area (TPSA) is 58.4 Å². The summed E-state index contributed by atoms with van der Waals surface area (Å²) in [5.41, 5.74) is 3.83. The van der Waals surface area contributed by atoms with Gasteiger partial charge in [-0.1, -0.05) is 12.1 Å². The summed E-state index contributed by atoms with van der Waals surface area (Å²) in [6.45, 7) is 2.06. The van der Waals surface area contributed by atoms with Crippen molar-refractivity contribution in [2.24, 2.45) is 5.84 Å². The summed E-state index contributed by atoms with van der Waals surface area (Å²) >= 11 is 1.79. The van der Waals surface area contributed by atoms with Crippen LogP contribution < -0.4 is 11.3 Å². The number of nitrogens with zero attached hydrogens (tertiary/aromatic N) is 1. The molecule has 0 aromatic heterocycles. The van der Waals surface area contributed by atoms with Gasteiger partial charge in [-0.05, 0) is 37.5 Å². The predicted molar refractivity (Wildman–Crippen MR) is 78.8 cm³/mol. The first-order valence-corrected chi connectivity index (χ1v) is 7.33. The Bertz CT molecular complexity index is 398. The molecule has 0 aliphatic carbocycles. The van der Waals surface area contributed by atoms with Crippen molar-refractivity contribution in [1.29, 1.82) is 0 Å². The van der Waals surface area contributed by atoms with Crippen molar-refractivity contribution >= 4 is 23.4 Å². The molecule has 18 heavy (non-hydrogen) atoms. The summed E-state index contributed by atoms with van der Waals surface area (Å²) in [5.74, 6) is 6.47. The lowest BCUT2D eigenvalue weighted by atomic mass is 10.1. The van der Waals surface area contributed by atoms with E-state index in [2.05, 4.69) is 18.6 Å². The van der Waals surface area contributed by atoms with Gasteiger partial charge in [0, 0.05) is 13.1 Å². The van der Waals surface area contributed by atoms with Gasteiger partial charge in [-0.3, -0.25) is 10.6 Å². The molecule has 0 saturated carbocycles. The maximum Gasteiger partial charge on any atom is 0.255 e. The number of para-hydroxylation sites is 1. The van der Waals surface area contributed by atoms with E-state index >= 15 is 0 Å². The molecule has 0 aliphatic rings. The van der Waals surface area contributed by atoms with Crippen LogP contribution in [0.5, 0.6) is 0 Å². The Morgan fingerprint density at radius 3 is 2.78 bits per heavy atom. The van der Waals surface area contributed by atoms with Crippen molar-refractivity contribution in [2.45, 2.75) is 19.4 Å². The summed E-state index contributed by atoms with van der Waals surface area (Å²) < 4.78 is 0. The summed E-state index contributed by atoms with van der Waals surface area (Å²) in [6.07, 6.45) is 3.06. The number of carbonyl (C=O) groups excluding carboxylic acids is 1. The number of nitrogens with two attached hydrogens (primary N) is 1. The fourth-order valence-electron chi connectivity index (χ4n) is 1.67. The maximum atomic E-state index is 12.4. The van der Waals surface area contributed by atoms with Crippen LogP contribution in [0, 0.1) is 0 Å². The first-order valence-electron chi connectivity index (χ1n) is 5.93. The largest absolute Gasteiger partial charge is 0.339 e. The number of nitrogen functional groups attached to an aromatic ring is 1. The van der Waals surface area contributed by atoms with Gasteiger partial charge in [-0.2, -0.15) is 11.8 Å². The standard InChI is InChI=1S/C13H21N3OS/c1-10(8-9-18-3)16(2)13(17)11-6-4-5-7-12(11)15-14/h4-7,10,15H,8-9,14H2,1-3H3. The molecule has 3 N–H and O–H groups in total. The minimum absolute atomic E-state index is 0.00264. The van der Waals surface area contributed by atoms with Gasteiger partial charge in [0.15, 0.2) is 0 Å². The molecule has 0 fully saturated rings. The molecule has 0 radical (unpaired) electrons. The molecule has 0 heterocycles. The SMILES string of the molecule is CSCCC(C)N(C)C(=O)c1ccccc1NN. The number of anilines is 1. The van der Waals surface area contributed by atoms with E-state index in [0.717, 1.165) is 12.2 Å². The zero-order chi connectivity index (χ0) is 13.5. The number of nitrogens with one attached hydrogen (secondary N) is 1. The Morgan fingerprint density at radius 2 is 2.17 bits per heavy atom. The fourth-order valence-corrected chi connectivity index (χ4v) is 2.24. The van der Waals surface area contributed by atoms with Gasteiger partial charge in [0.05, 0.1) is 11.3 Å². The molecule has 4 nitrogen and oxygen atoms in total. The van der Waals surface area contributed by atoms with Crippen LogP contribution in [0.4, 0.5) is 5.69 Å². The van der Waals surface area contributed by atoms with Crippen LogP contribution in [0.25, 0.3) is 0 Å². The third kappa shape index (κ3) is 3.65. The monoisotopic (exact) mass is 267 g/mol. The lowest BCUT2D eigenvalue weighted by molar-refractivity contribution is 0.0742. The molecule has 1 rings (SSSR count). The van der Waals surface area contributed by atoms with Crippen molar-refractivity contribution in [2.75, 3.05) is 24.5 Å². The molecule has 100 valence electrons. The number of hydrogen-bond donors (Lipinski definition) is 2. The first-order chi connectivity index (χ1) is 8.61. The van der Waals surface area contributed by atoms with Crippen LogP contribution in [0.15, 0.2) is 24.3 Å². The summed E-state index contributed by atoms with van der Waals surface area (Å²) in [4.78, 5) is 14.1. The first kappa shape index (κ1) is 14.9. The summed E-state index contributed by atoms with van der Waals surface area (Å²) in [6, 6.07) is 7.50. The highest BCUT2D eigenvalue weighted by atomic mass is 32.2. The Morgan fingerprint density at radius 1 is 1.50 bits per heavy atom. The Labute approximate surface area is 113 Å². The van der Waals surface area contributed by atoms with Crippen LogP contribution in [0.2, 0.25) is 0 Å². The van der Waals surface area contributed by atoms with Crippen molar-refractivity contribution in [1.82, 2.24) is 4.90 Å². The lowest BCUT2D eigenvalue weighted by Crippen LogP contribution is -2.36. The quantitative estimate of drug-likeness (QED) is 0.613.